The van der Waals surface area contributed by atoms with Gasteiger partial charge in [-0.2, -0.15) is 0 Å². The molecule has 4 amide bonds. The fourth-order valence-corrected chi connectivity index (χ4v) is 15.0. The molecule has 97 heavy (non-hydrogen) atoms. The zero-order valence-electron chi connectivity index (χ0n) is 58.0. The fourth-order valence-electron chi connectivity index (χ4n) is 11.6. The third-order valence-electron chi connectivity index (χ3n) is 17.2. The van der Waals surface area contributed by atoms with Crippen LogP contribution in [0, 0.1) is 55.4 Å². The highest BCUT2D eigenvalue weighted by molar-refractivity contribution is 8.00. The predicted octanol–water partition coefficient (Wildman–Crippen LogP) is 13.2. The van der Waals surface area contributed by atoms with Gasteiger partial charge in [-0.25, -0.2) is 13.2 Å². The van der Waals surface area contributed by atoms with Gasteiger partial charge in [0.25, 0.3) is 11.8 Å². The van der Waals surface area contributed by atoms with E-state index >= 15 is 0 Å². The second kappa shape index (κ2) is 30.8. The van der Waals surface area contributed by atoms with Crippen LogP contribution in [0.1, 0.15) is 88.2 Å². The lowest BCUT2D eigenvalue weighted by atomic mass is 10.1. The molecule has 6 aliphatic rings. The molecule has 0 radical (unpaired) electrons. The maximum Gasteiger partial charge on any atom is 0.419 e. The molecule has 0 aliphatic carbocycles. The van der Waals surface area contributed by atoms with Crippen molar-refractivity contribution in [2.75, 3.05) is 62.3 Å². The van der Waals surface area contributed by atoms with Gasteiger partial charge in [0.2, 0.25) is 11.8 Å². The van der Waals surface area contributed by atoms with Gasteiger partial charge in [-0.05, 0) is 184 Å². The number of carbonyl (C=O) groups excluding carboxylic acids is 4. The number of benzene rings is 8. The number of nitrogens with zero attached hydrogens (tertiary/aromatic N) is 7. The van der Waals surface area contributed by atoms with Gasteiger partial charge in [-0.15, -0.1) is 11.8 Å². The first kappa shape index (κ1) is 71.9. The summed E-state index contributed by atoms with van der Waals surface area (Å²) < 4.78 is 36.9. The van der Waals surface area contributed by atoms with Crippen LogP contribution in [-0.4, -0.2) is 98.6 Å². The number of carbonyl (C=O) groups is 4. The number of thiazole rings is 1. The Labute approximate surface area is 576 Å². The molecule has 0 unspecified atom stereocenters. The van der Waals surface area contributed by atoms with E-state index in [2.05, 4.69) is 61.3 Å². The Morgan fingerprint density at radius 2 is 0.938 bits per heavy atom. The van der Waals surface area contributed by atoms with Gasteiger partial charge in [-0.3, -0.25) is 33.4 Å². The highest BCUT2D eigenvalue weighted by atomic mass is 32.2. The molecule has 0 atom stereocenters. The number of thioether (sulfide) groups is 1. The molecule has 20 heteroatoms. The van der Waals surface area contributed by atoms with Crippen LogP contribution in [0.15, 0.2) is 164 Å². The van der Waals surface area contributed by atoms with Crippen LogP contribution < -0.4 is 30.1 Å². The summed E-state index contributed by atoms with van der Waals surface area (Å²) in [6.45, 7) is 19.4. The number of rotatable bonds is 0. The van der Waals surface area contributed by atoms with Crippen LogP contribution in [0.2, 0.25) is 0 Å². The number of hydrogen-bond acceptors (Lipinski definition) is 13. The molecule has 0 spiro atoms. The summed E-state index contributed by atoms with van der Waals surface area (Å²) in [6, 6.07) is 48.5. The van der Waals surface area contributed by atoms with Crippen molar-refractivity contribution in [3.63, 3.8) is 0 Å². The second-order valence-electron chi connectivity index (χ2n) is 25.6. The molecule has 10 aromatic rings. The number of ether oxygens (including phenoxy) is 1. The van der Waals surface area contributed by atoms with E-state index in [9.17, 15) is 37.2 Å². The van der Waals surface area contributed by atoms with Crippen LogP contribution in [0.4, 0.5) is 17.1 Å². The first-order valence-electron chi connectivity index (χ1n) is 31.8. The molecular weight excluding hydrogens is 1280 g/mol. The van der Waals surface area contributed by atoms with E-state index in [1.807, 2.05) is 173 Å². The molecule has 16 rings (SSSR count). The molecule has 6 aliphatic heterocycles. The quantitative estimate of drug-likeness (QED) is 0.140. The summed E-state index contributed by atoms with van der Waals surface area (Å²) >= 11 is 2.91. The van der Waals surface area contributed by atoms with Crippen LogP contribution in [-0.2, 0) is 75.9 Å². The number of sulfone groups is 1. The normalized spacial score (nSPS) is 14.9. The van der Waals surface area contributed by atoms with Crippen molar-refractivity contribution in [3.05, 3.63) is 249 Å². The molecular formula is C77H85N7O10S3. The smallest absolute Gasteiger partial charge is 0.419 e. The Morgan fingerprint density at radius 1 is 0.433 bits per heavy atom. The molecule has 0 N–H and O–H groups in total. The van der Waals surface area contributed by atoms with Crippen molar-refractivity contribution < 1.29 is 36.7 Å². The van der Waals surface area contributed by atoms with Crippen molar-refractivity contribution in [2.24, 2.45) is 14.1 Å². The minimum Gasteiger partial charge on any atom is -0.482 e. The van der Waals surface area contributed by atoms with Gasteiger partial charge in [0.15, 0.2) is 22.0 Å². The van der Waals surface area contributed by atoms with E-state index < -0.39 is 9.84 Å². The average Bonchev–Trinajstić information content (AvgIpc) is 1.18. The molecule has 17 nitrogen and oxygen atoms in total. The SMILES string of the molecule is Cc1ccc2c(c1)C(=O)N(C)C2.Cc1ccc2c(c1)CN(C)C2.Cc1ccc2c(c1)CS(=O)(=O)C2.Cc1ccc2c(c1)N(C)C(=O)C2.Cc1ccc2c(c1)N(C)C(=O)CO2.Cc1ccc2c(c1)N(C)C(=O)CS2.Cc1ccc2oc(=O)n(C)c2c1.Cc1ccc2sc(=O)n(C)c2c1. The number of aryl methyl sites for hydroxylation is 10. The summed E-state index contributed by atoms with van der Waals surface area (Å²) in [7, 11) is 10.1. The molecule has 0 saturated carbocycles. The minimum atomic E-state index is -2.82. The Hall–Kier alpha value is -9.34. The van der Waals surface area contributed by atoms with Crippen LogP contribution >= 0.6 is 23.1 Å². The summed E-state index contributed by atoms with van der Waals surface area (Å²) in [4.78, 5) is 78.1. The van der Waals surface area contributed by atoms with Gasteiger partial charge in [0, 0.05) is 78.1 Å². The van der Waals surface area contributed by atoms with Gasteiger partial charge >= 0.3 is 10.6 Å². The second-order valence-corrected chi connectivity index (χ2v) is 29.6. The average molecular weight is 1360 g/mol. The molecule has 506 valence electrons. The Morgan fingerprint density at radius 3 is 1.63 bits per heavy atom. The summed E-state index contributed by atoms with van der Waals surface area (Å²) in [6.07, 6.45) is 0.562. The van der Waals surface area contributed by atoms with Gasteiger partial charge in [-0.1, -0.05) is 113 Å². The van der Waals surface area contributed by atoms with Crippen molar-refractivity contribution >= 4 is 94.9 Å². The molecule has 0 saturated heterocycles. The van der Waals surface area contributed by atoms with Crippen molar-refractivity contribution in [2.45, 2.75) is 97.8 Å². The molecule has 8 aromatic carbocycles. The summed E-state index contributed by atoms with van der Waals surface area (Å²) in [5.74, 6) is 2.01. The number of anilines is 3. The number of hydrogen-bond donors (Lipinski definition) is 0. The molecule has 8 heterocycles. The zero-order valence-corrected chi connectivity index (χ0v) is 60.4. The number of aromatic nitrogens is 2. The Kier molecular flexibility index (Phi) is 22.9. The standard InChI is InChI=1S/C10H11NO2.C10H11NOS.2C10H11NO.C10H13N.C9H9NO2.C9H9NOS.C9H10O2S/c2*1-7-3-4-9-8(5-7)11(2)10(12)6-13-9;1-7-3-4-8-6-11(2)10(12)9(8)5-7;1-7-3-4-8-6-10(12)11(2)9(8)5-7;1-8-3-4-9-6-11(2)7-10(9)5-8;2*1-6-3-4-8-7(5-6)10(2)9(11)12-8;1-7-2-3-8-5-12(10,11)6-9(8)4-7/h2*3-5H,6H2,1-2H3;2*3-5H,6H2,1-2H3;3-5H,6-7H2,1-2H3;2*3-5H,1-2H3;2-4H,5-6H2,1H3. The van der Waals surface area contributed by atoms with Gasteiger partial charge in [0.05, 0.1) is 50.8 Å². The topological polar surface area (TPSA) is 185 Å². The molecule has 2 aromatic heterocycles. The van der Waals surface area contributed by atoms with E-state index in [1.54, 1.807) is 57.1 Å². The number of fused-ring (bicyclic) bond motifs is 8. The third kappa shape index (κ3) is 17.8. The van der Waals surface area contributed by atoms with E-state index in [4.69, 9.17) is 9.15 Å². The van der Waals surface area contributed by atoms with E-state index in [-0.39, 0.29) is 52.4 Å². The highest BCUT2D eigenvalue weighted by Crippen LogP contribution is 2.36. The Balaban J connectivity index is 0.000000130. The highest BCUT2D eigenvalue weighted by Gasteiger charge is 2.27. The number of oxazole rings is 1. The fraction of sp³-hybridized carbons (Fsp3) is 0.299. The van der Waals surface area contributed by atoms with Crippen LogP contribution in [0.5, 0.6) is 5.75 Å². The Bertz CT molecular complexity index is 4730. The largest absolute Gasteiger partial charge is 0.482 e. The lowest BCUT2D eigenvalue weighted by Crippen LogP contribution is -2.35. The lowest BCUT2D eigenvalue weighted by molar-refractivity contribution is -0.121. The van der Waals surface area contributed by atoms with Gasteiger partial charge < -0.3 is 33.3 Å². The predicted molar refractivity (Wildman–Crippen MR) is 393 cm³/mol. The molecule has 0 bridgehead atoms. The summed E-state index contributed by atoms with van der Waals surface area (Å²) in [5, 5.41) is 0. The van der Waals surface area contributed by atoms with Gasteiger partial charge in [0.1, 0.15) is 5.75 Å². The van der Waals surface area contributed by atoms with E-state index in [0.717, 1.165) is 108 Å². The van der Waals surface area contributed by atoms with Crippen molar-refractivity contribution in [1.82, 2.24) is 18.9 Å². The minimum absolute atomic E-state index is 0.00176. The molecule has 0 fully saturated rings. The van der Waals surface area contributed by atoms with E-state index in [1.165, 1.54) is 54.2 Å². The maximum absolute atomic E-state index is 11.5. The van der Waals surface area contributed by atoms with Crippen molar-refractivity contribution in [1.29, 1.82) is 0 Å². The van der Waals surface area contributed by atoms with E-state index in [0.29, 0.717) is 17.8 Å². The monoisotopic (exact) mass is 1360 g/mol. The van der Waals surface area contributed by atoms with Crippen LogP contribution in [0.25, 0.3) is 21.3 Å². The third-order valence-corrected chi connectivity index (χ3v) is 20.8. The van der Waals surface area contributed by atoms with Crippen molar-refractivity contribution in [3.8, 4) is 5.75 Å². The number of likely N-dealkylation sites (N-methyl/N-ethyl adjacent to an activating group) is 2. The first-order valence-corrected chi connectivity index (χ1v) is 35.4. The zero-order chi connectivity index (χ0) is 70.3. The maximum atomic E-state index is 11.5. The number of amides is 4. The van der Waals surface area contributed by atoms with Crippen LogP contribution in [0.3, 0.4) is 0 Å². The summed E-state index contributed by atoms with van der Waals surface area (Å²) in [5.41, 5.74) is 23.1. The first-order chi connectivity index (χ1) is 45.9. The lowest BCUT2D eigenvalue weighted by Gasteiger charge is -2.25.